The molecule has 0 fully saturated rings. The predicted octanol–water partition coefficient (Wildman–Crippen LogP) is 12.7. The van der Waals surface area contributed by atoms with Crippen LogP contribution in [0.3, 0.4) is 0 Å². The highest BCUT2D eigenvalue weighted by atomic mass is 31.2. The minimum atomic E-state index is -4.40. The number of esters is 2. The van der Waals surface area contributed by atoms with Gasteiger partial charge in [-0.05, 0) is 51.4 Å². The van der Waals surface area contributed by atoms with E-state index < -0.39 is 32.5 Å². The van der Waals surface area contributed by atoms with Gasteiger partial charge in [-0.3, -0.25) is 18.6 Å². The van der Waals surface area contributed by atoms with Crippen LogP contribution in [0.5, 0.6) is 0 Å². The maximum atomic E-state index is 12.6. The Bertz CT molecular complexity index is 1150. The van der Waals surface area contributed by atoms with E-state index in [1.165, 1.54) is 83.5 Å². The number of allylic oxidation sites excluding steroid dienone is 12. The van der Waals surface area contributed by atoms with Crippen molar-refractivity contribution in [2.75, 3.05) is 26.4 Å². The molecule has 0 aliphatic rings. The Morgan fingerprint density at radius 2 is 0.982 bits per heavy atom. The Morgan fingerprint density at radius 1 is 0.554 bits per heavy atom. The van der Waals surface area contributed by atoms with Gasteiger partial charge in [0.2, 0.25) is 0 Å². The lowest BCUT2D eigenvalue weighted by molar-refractivity contribution is -0.161. The van der Waals surface area contributed by atoms with Crippen LogP contribution in [-0.4, -0.2) is 49.3 Å². The van der Waals surface area contributed by atoms with Crippen LogP contribution in [0.1, 0.15) is 174 Å². The zero-order chi connectivity index (χ0) is 41.1. The number of rotatable bonds is 40. The normalized spacial score (nSPS) is 14.0. The third-order valence-electron chi connectivity index (χ3n) is 8.87. The minimum absolute atomic E-state index is 0.0396. The summed E-state index contributed by atoms with van der Waals surface area (Å²) < 4.78 is 32.7. The molecular weight excluding hydrogens is 725 g/mol. The summed E-state index contributed by atoms with van der Waals surface area (Å²) in [7, 11) is -4.40. The van der Waals surface area contributed by atoms with E-state index in [-0.39, 0.29) is 32.6 Å². The van der Waals surface area contributed by atoms with Crippen LogP contribution in [0.15, 0.2) is 72.9 Å². The summed E-state index contributed by atoms with van der Waals surface area (Å²) in [5, 5.41) is 0. The molecule has 9 nitrogen and oxygen atoms in total. The van der Waals surface area contributed by atoms with E-state index in [1.807, 2.05) is 12.2 Å². The van der Waals surface area contributed by atoms with Crippen molar-refractivity contribution in [3.63, 3.8) is 0 Å². The van der Waals surface area contributed by atoms with Gasteiger partial charge in [-0.25, -0.2) is 4.57 Å². The van der Waals surface area contributed by atoms with Crippen LogP contribution in [0.4, 0.5) is 0 Å². The van der Waals surface area contributed by atoms with E-state index in [0.29, 0.717) is 6.42 Å². The summed E-state index contributed by atoms with van der Waals surface area (Å²) in [6, 6.07) is 0. The molecule has 0 amide bonds. The standard InChI is InChI=1S/C46H80NO8P/c1-3-5-7-9-11-13-15-17-19-21-22-23-25-27-29-31-33-35-37-39-46(49)55-44(43-54-56(50,51)53-41-40-47)42-52-45(48)38-36-34-32-30-28-26-24-20-18-16-14-12-10-8-6-4-2/h5,7,11,13,17,19,22-23,27,29,33,35,44H,3-4,6,8-10,12,14-16,18,20-21,24-26,28,30-32,34,36-43,47H2,1-2H3,(H,50,51)/b7-5-,13-11-,19-17-,23-22-,29-27-,35-33-. The number of unbranched alkanes of at least 4 members (excludes halogenated alkanes) is 15. The van der Waals surface area contributed by atoms with E-state index in [0.717, 1.165) is 57.8 Å². The van der Waals surface area contributed by atoms with Gasteiger partial charge >= 0.3 is 19.8 Å². The van der Waals surface area contributed by atoms with E-state index in [9.17, 15) is 19.0 Å². The van der Waals surface area contributed by atoms with Gasteiger partial charge in [0.05, 0.1) is 13.2 Å². The average Bonchev–Trinajstić information content (AvgIpc) is 3.18. The van der Waals surface area contributed by atoms with Gasteiger partial charge in [0.15, 0.2) is 6.10 Å². The highest BCUT2D eigenvalue weighted by Crippen LogP contribution is 2.43. The first-order valence-corrected chi connectivity index (χ1v) is 23.4. The summed E-state index contributed by atoms with van der Waals surface area (Å²) in [6.45, 7) is 3.53. The number of hydrogen-bond donors (Lipinski definition) is 2. The number of ether oxygens (including phenoxy) is 2. The molecule has 0 spiro atoms. The summed E-state index contributed by atoms with van der Waals surface area (Å²) in [6.07, 6.45) is 50.9. The monoisotopic (exact) mass is 806 g/mol. The van der Waals surface area contributed by atoms with Crippen molar-refractivity contribution in [1.29, 1.82) is 0 Å². The Morgan fingerprint density at radius 3 is 1.43 bits per heavy atom. The molecule has 0 aromatic rings. The van der Waals surface area contributed by atoms with Crippen LogP contribution in [0.2, 0.25) is 0 Å². The molecule has 0 radical (unpaired) electrons. The molecule has 3 N–H and O–H groups in total. The number of carbonyl (C=O) groups excluding carboxylic acids is 2. The summed E-state index contributed by atoms with van der Waals surface area (Å²) in [4.78, 5) is 34.8. The first kappa shape index (κ1) is 53.5. The Labute approximate surface area is 341 Å². The molecule has 0 rings (SSSR count). The van der Waals surface area contributed by atoms with Gasteiger partial charge in [-0.1, -0.05) is 183 Å². The van der Waals surface area contributed by atoms with Gasteiger partial charge in [-0.15, -0.1) is 0 Å². The molecule has 2 atom stereocenters. The van der Waals surface area contributed by atoms with Crippen LogP contribution >= 0.6 is 7.82 Å². The topological polar surface area (TPSA) is 134 Å². The number of hydrogen-bond acceptors (Lipinski definition) is 8. The molecule has 0 aliphatic heterocycles. The van der Waals surface area contributed by atoms with Crippen LogP contribution < -0.4 is 5.73 Å². The minimum Gasteiger partial charge on any atom is -0.462 e. The zero-order valence-electron chi connectivity index (χ0n) is 35.3. The fraction of sp³-hybridized carbons (Fsp3) is 0.696. The second-order valence-electron chi connectivity index (χ2n) is 14.2. The fourth-order valence-electron chi connectivity index (χ4n) is 5.66. The zero-order valence-corrected chi connectivity index (χ0v) is 36.2. The van der Waals surface area contributed by atoms with E-state index >= 15 is 0 Å². The largest absolute Gasteiger partial charge is 0.472 e. The second-order valence-corrected chi connectivity index (χ2v) is 15.6. The molecule has 0 aromatic carbocycles. The second kappa shape index (κ2) is 42.1. The smallest absolute Gasteiger partial charge is 0.462 e. The molecule has 0 saturated heterocycles. The number of carbonyl (C=O) groups is 2. The molecule has 10 heteroatoms. The lowest BCUT2D eigenvalue weighted by Gasteiger charge is -2.19. The first-order valence-electron chi connectivity index (χ1n) is 21.9. The van der Waals surface area contributed by atoms with E-state index in [1.54, 1.807) is 0 Å². The average molecular weight is 806 g/mol. The highest BCUT2D eigenvalue weighted by Gasteiger charge is 2.25. The molecule has 0 bridgehead atoms. The Balaban J connectivity index is 4.28. The maximum Gasteiger partial charge on any atom is 0.472 e. The number of phosphoric ester groups is 1. The Hall–Kier alpha value is -2.55. The van der Waals surface area contributed by atoms with Crippen LogP contribution in [-0.2, 0) is 32.7 Å². The van der Waals surface area contributed by atoms with Crippen molar-refractivity contribution in [3.8, 4) is 0 Å². The number of phosphoric acid groups is 1. The van der Waals surface area contributed by atoms with Gasteiger partial charge in [0.1, 0.15) is 6.61 Å². The molecule has 0 aromatic heterocycles. The summed E-state index contributed by atoms with van der Waals surface area (Å²) in [5.74, 6) is -0.927. The van der Waals surface area contributed by atoms with Crippen molar-refractivity contribution in [2.45, 2.75) is 180 Å². The van der Waals surface area contributed by atoms with Crippen LogP contribution in [0.25, 0.3) is 0 Å². The van der Waals surface area contributed by atoms with Gasteiger partial charge in [0.25, 0.3) is 0 Å². The Kier molecular flexibility index (Phi) is 40.2. The maximum absolute atomic E-state index is 12.6. The summed E-state index contributed by atoms with van der Waals surface area (Å²) >= 11 is 0. The predicted molar refractivity (Wildman–Crippen MR) is 233 cm³/mol. The third-order valence-corrected chi connectivity index (χ3v) is 9.85. The van der Waals surface area contributed by atoms with E-state index in [4.69, 9.17) is 24.3 Å². The molecule has 322 valence electrons. The van der Waals surface area contributed by atoms with Gasteiger partial charge in [-0.2, -0.15) is 0 Å². The number of nitrogens with two attached hydrogens (primary N) is 1. The van der Waals surface area contributed by atoms with Gasteiger partial charge < -0.3 is 20.1 Å². The first-order chi connectivity index (χ1) is 27.3. The summed E-state index contributed by atoms with van der Waals surface area (Å²) in [5.41, 5.74) is 5.34. The molecule has 56 heavy (non-hydrogen) atoms. The van der Waals surface area contributed by atoms with Crippen molar-refractivity contribution < 1.29 is 37.6 Å². The molecule has 0 saturated carbocycles. The third kappa shape index (κ3) is 41.1. The lowest BCUT2D eigenvalue weighted by atomic mass is 10.0. The van der Waals surface area contributed by atoms with Crippen molar-refractivity contribution >= 4 is 19.8 Å². The van der Waals surface area contributed by atoms with Gasteiger partial charge in [0, 0.05) is 19.4 Å². The van der Waals surface area contributed by atoms with Crippen LogP contribution in [0, 0.1) is 0 Å². The van der Waals surface area contributed by atoms with Crippen molar-refractivity contribution in [1.82, 2.24) is 0 Å². The quantitative estimate of drug-likeness (QED) is 0.0268. The van der Waals surface area contributed by atoms with Crippen molar-refractivity contribution in [3.05, 3.63) is 72.9 Å². The molecule has 0 heterocycles. The molecular formula is C46H80NO8P. The molecule has 2 unspecified atom stereocenters. The fourth-order valence-corrected chi connectivity index (χ4v) is 6.43. The SMILES string of the molecule is CC/C=C\C/C=C\C/C=C\C/C=C\C/C=C\C/C=C\CCC(=O)OC(COC(=O)CCCCCCCCCCCCCCCCCC)COP(=O)(O)OCCN. The highest BCUT2D eigenvalue weighted by molar-refractivity contribution is 7.47. The lowest BCUT2D eigenvalue weighted by Crippen LogP contribution is -2.29. The van der Waals surface area contributed by atoms with Crippen molar-refractivity contribution in [2.24, 2.45) is 5.73 Å². The molecule has 0 aliphatic carbocycles. The van der Waals surface area contributed by atoms with E-state index in [2.05, 4.69) is 74.6 Å².